The summed E-state index contributed by atoms with van der Waals surface area (Å²) in [7, 11) is 1.68. The molecule has 1 atom stereocenters. The minimum Gasteiger partial charge on any atom is -0.487 e. The Bertz CT molecular complexity index is 1170. The van der Waals surface area contributed by atoms with E-state index in [1.807, 2.05) is 19.9 Å². The standard InChI is InChI=1S/C22H22FN3O3/c1-22(2)12-17(15-11-13(23)7-9-19(15)29-22)25-21(28)24-16-5-4-6-18-14(16)8-10-20(27)26(18)3/h4-11,17H,12H2,1-3H3,(H2,24,25,28)/t17-/m1/s1. The largest absolute Gasteiger partial charge is 0.487 e. The van der Waals surface area contributed by atoms with E-state index in [9.17, 15) is 14.0 Å². The van der Waals surface area contributed by atoms with Gasteiger partial charge < -0.3 is 19.9 Å². The Morgan fingerprint density at radius 3 is 2.79 bits per heavy atom. The van der Waals surface area contributed by atoms with Crippen molar-refractivity contribution in [2.45, 2.75) is 31.9 Å². The molecule has 150 valence electrons. The van der Waals surface area contributed by atoms with Crippen molar-refractivity contribution in [3.63, 3.8) is 0 Å². The van der Waals surface area contributed by atoms with Gasteiger partial charge in [0.1, 0.15) is 17.2 Å². The summed E-state index contributed by atoms with van der Waals surface area (Å²) in [5, 5.41) is 6.54. The van der Waals surface area contributed by atoms with Gasteiger partial charge in [0, 0.05) is 30.5 Å². The number of fused-ring (bicyclic) bond motifs is 2. The lowest BCUT2D eigenvalue weighted by molar-refractivity contribution is 0.0680. The Hall–Kier alpha value is -3.35. The zero-order valence-corrected chi connectivity index (χ0v) is 16.5. The van der Waals surface area contributed by atoms with Crippen molar-refractivity contribution in [1.82, 2.24) is 9.88 Å². The number of ether oxygens (including phenoxy) is 1. The van der Waals surface area contributed by atoms with Crippen molar-refractivity contribution in [3.05, 3.63) is 70.3 Å². The van der Waals surface area contributed by atoms with Crippen molar-refractivity contribution in [2.75, 3.05) is 5.32 Å². The van der Waals surface area contributed by atoms with Crippen LogP contribution in [0.25, 0.3) is 10.9 Å². The van der Waals surface area contributed by atoms with Crippen molar-refractivity contribution in [1.29, 1.82) is 0 Å². The van der Waals surface area contributed by atoms with Gasteiger partial charge in [-0.2, -0.15) is 0 Å². The number of carbonyl (C=O) groups is 1. The molecule has 7 heteroatoms. The molecule has 0 radical (unpaired) electrons. The van der Waals surface area contributed by atoms with Crippen LogP contribution in [-0.4, -0.2) is 16.2 Å². The van der Waals surface area contributed by atoms with Gasteiger partial charge >= 0.3 is 6.03 Å². The highest BCUT2D eigenvalue weighted by Crippen LogP contribution is 2.39. The lowest BCUT2D eigenvalue weighted by Crippen LogP contribution is -2.42. The van der Waals surface area contributed by atoms with Crippen LogP contribution in [-0.2, 0) is 7.05 Å². The minimum atomic E-state index is -0.500. The Balaban J connectivity index is 1.61. The fraction of sp³-hybridized carbons (Fsp3) is 0.273. The van der Waals surface area contributed by atoms with E-state index in [2.05, 4.69) is 10.6 Å². The topological polar surface area (TPSA) is 72.4 Å². The SMILES string of the molecule is Cn1c(=O)ccc2c(NC(=O)N[C@@H]3CC(C)(C)Oc4ccc(F)cc43)cccc21. The summed E-state index contributed by atoms with van der Waals surface area (Å²) < 4.78 is 21.2. The molecule has 2 aromatic carbocycles. The van der Waals surface area contributed by atoms with E-state index in [-0.39, 0.29) is 11.4 Å². The van der Waals surface area contributed by atoms with Gasteiger partial charge in [0.25, 0.3) is 5.56 Å². The van der Waals surface area contributed by atoms with Crippen LogP contribution in [0.5, 0.6) is 5.75 Å². The summed E-state index contributed by atoms with van der Waals surface area (Å²) >= 11 is 0. The number of urea groups is 1. The number of rotatable bonds is 2. The van der Waals surface area contributed by atoms with Crippen LogP contribution in [0, 0.1) is 5.82 Å². The lowest BCUT2D eigenvalue weighted by atomic mass is 9.89. The third-order valence-electron chi connectivity index (χ3n) is 5.15. The first-order valence-electron chi connectivity index (χ1n) is 9.38. The van der Waals surface area contributed by atoms with Crippen LogP contribution in [0.4, 0.5) is 14.9 Å². The molecule has 3 aromatic rings. The van der Waals surface area contributed by atoms with Crippen LogP contribution < -0.4 is 20.9 Å². The number of pyridine rings is 1. The highest BCUT2D eigenvalue weighted by atomic mass is 19.1. The second-order valence-corrected chi connectivity index (χ2v) is 7.87. The number of hydrogen-bond acceptors (Lipinski definition) is 3. The lowest BCUT2D eigenvalue weighted by Gasteiger charge is -2.37. The number of nitrogens with one attached hydrogen (secondary N) is 2. The Morgan fingerprint density at radius 2 is 2.00 bits per heavy atom. The first kappa shape index (κ1) is 19.0. The number of hydrogen-bond donors (Lipinski definition) is 2. The zero-order chi connectivity index (χ0) is 20.8. The average molecular weight is 395 g/mol. The third-order valence-corrected chi connectivity index (χ3v) is 5.15. The number of aryl methyl sites for hydroxylation is 1. The molecule has 1 aliphatic heterocycles. The third kappa shape index (κ3) is 3.68. The number of nitrogens with zero attached hydrogens (tertiary/aromatic N) is 1. The van der Waals surface area contributed by atoms with Crippen LogP contribution in [0.3, 0.4) is 0 Å². The molecule has 0 aliphatic carbocycles. The van der Waals surface area contributed by atoms with Gasteiger partial charge in [-0.25, -0.2) is 9.18 Å². The van der Waals surface area contributed by atoms with E-state index in [0.717, 1.165) is 10.9 Å². The molecule has 2 amide bonds. The number of aromatic nitrogens is 1. The summed E-state index contributed by atoms with van der Waals surface area (Å²) in [6.45, 7) is 3.86. The van der Waals surface area contributed by atoms with Gasteiger partial charge in [0.2, 0.25) is 0 Å². The van der Waals surface area contributed by atoms with Gasteiger partial charge in [0.05, 0.1) is 17.2 Å². The molecular formula is C22H22FN3O3. The fourth-order valence-corrected chi connectivity index (χ4v) is 3.79. The molecule has 6 nitrogen and oxygen atoms in total. The quantitative estimate of drug-likeness (QED) is 0.686. The van der Waals surface area contributed by atoms with Crippen molar-refractivity contribution < 1.29 is 13.9 Å². The number of benzene rings is 2. The minimum absolute atomic E-state index is 0.123. The maximum Gasteiger partial charge on any atom is 0.319 e. The number of anilines is 1. The van der Waals surface area contributed by atoms with Crippen LogP contribution in [0.15, 0.2) is 53.3 Å². The molecule has 0 saturated heterocycles. The molecule has 0 unspecified atom stereocenters. The summed E-state index contributed by atoms with van der Waals surface area (Å²) in [6, 6.07) is 12.0. The first-order chi connectivity index (χ1) is 13.7. The Labute approximate surface area is 167 Å². The van der Waals surface area contributed by atoms with Gasteiger partial charge in [-0.1, -0.05) is 6.07 Å². The fourth-order valence-electron chi connectivity index (χ4n) is 3.79. The molecule has 29 heavy (non-hydrogen) atoms. The summed E-state index contributed by atoms with van der Waals surface area (Å²) in [6.07, 6.45) is 0.501. The number of halogens is 1. The molecular weight excluding hydrogens is 373 g/mol. The van der Waals surface area contributed by atoms with Crippen molar-refractivity contribution in [2.24, 2.45) is 7.05 Å². The summed E-state index contributed by atoms with van der Waals surface area (Å²) in [4.78, 5) is 24.6. The first-order valence-corrected chi connectivity index (χ1v) is 9.38. The second kappa shape index (κ2) is 6.92. The molecule has 2 N–H and O–H groups in total. The Morgan fingerprint density at radius 1 is 1.21 bits per heavy atom. The number of carbonyl (C=O) groups excluding carboxylic acids is 1. The van der Waals surface area contributed by atoms with Gasteiger partial charge in [-0.05, 0) is 50.2 Å². The Kier molecular flexibility index (Phi) is 4.53. The van der Waals surface area contributed by atoms with Gasteiger partial charge in [-0.15, -0.1) is 0 Å². The monoisotopic (exact) mass is 395 g/mol. The van der Waals surface area contributed by atoms with E-state index in [4.69, 9.17) is 4.74 Å². The average Bonchev–Trinajstić information content (AvgIpc) is 2.65. The van der Waals surface area contributed by atoms with E-state index in [1.54, 1.807) is 31.3 Å². The zero-order valence-electron chi connectivity index (χ0n) is 16.5. The maximum absolute atomic E-state index is 13.8. The molecule has 0 bridgehead atoms. The van der Waals surface area contributed by atoms with E-state index >= 15 is 0 Å². The normalized spacial score (nSPS) is 17.3. The molecule has 1 aliphatic rings. The van der Waals surface area contributed by atoms with Crippen molar-refractivity contribution >= 4 is 22.6 Å². The van der Waals surface area contributed by atoms with E-state index in [0.29, 0.717) is 23.4 Å². The van der Waals surface area contributed by atoms with E-state index in [1.165, 1.54) is 22.8 Å². The van der Waals surface area contributed by atoms with Crippen LogP contribution in [0.1, 0.15) is 31.9 Å². The predicted molar refractivity (Wildman–Crippen MR) is 110 cm³/mol. The molecule has 4 rings (SSSR count). The summed E-state index contributed by atoms with van der Waals surface area (Å²) in [5.41, 5.74) is 1.29. The highest BCUT2D eigenvalue weighted by Gasteiger charge is 2.34. The van der Waals surface area contributed by atoms with E-state index < -0.39 is 17.7 Å². The van der Waals surface area contributed by atoms with Crippen molar-refractivity contribution in [3.8, 4) is 5.75 Å². The number of amides is 2. The highest BCUT2D eigenvalue weighted by molar-refractivity contribution is 6.00. The van der Waals surface area contributed by atoms with Crippen LogP contribution >= 0.6 is 0 Å². The molecule has 1 aromatic heterocycles. The maximum atomic E-state index is 13.8. The predicted octanol–water partition coefficient (Wildman–Crippen LogP) is 4.10. The molecule has 0 saturated carbocycles. The second-order valence-electron chi connectivity index (χ2n) is 7.87. The van der Waals surface area contributed by atoms with Gasteiger partial charge in [-0.3, -0.25) is 4.79 Å². The summed E-state index contributed by atoms with van der Waals surface area (Å²) in [5.74, 6) is 0.183. The molecule has 0 fully saturated rings. The van der Waals surface area contributed by atoms with Gasteiger partial charge in [0.15, 0.2) is 0 Å². The molecule has 2 heterocycles. The van der Waals surface area contributed by atoms with Crippen LogP contribution in [0.2, 0.25) is 0 Å². The smallest absolute Gasteiger partial charge is 0.319 e. The molecule has 0 spiro atoms.